The van der Waals surface area contributed by atoms with Crippen molar-refractivity contribution in [3.63, 3.8) is 0 Å². The quantitative estimate of drug-likeness (QED) is 0.720. The van der Waals surface area contributed by atoms with Gasteiger partial charge in [0.05, 0.1) is 24.0 Å². The first-order chi connectivity index (χ1) is 12.6. The van der Waals surface area contributed by atoms with Gasteiger partial charge in [0.15, 0.2) is 0 Å². The van der Waals surface area contributed by atoms with Crippen LogP contribution in [0.3, 0.4) is 0 Å². The second kappa shape index (κ2) is 7.64. The fourth-order valence-corrected chi connectivity index (χ4v) is 2.43. The molecule has 0 radical (unpaired) electrons. The summed E-state index contributed by atoms with van der Waals surface area (Å²) in [7, 11) is 0. The van der Waals surface area contributed by atoms with Crippen molar-refractivity contribution < 1.29 is 4.79 Å². The molecule has 2 N–H and O–H groups in total. The van der Waals surface area contributed by atoms with Gasteiger partial charge in [-0.2, -0.15) is 5.26 Å². The first-order valence-corrected chi connectivity index (χ1v) is 8.10. The van der Waals surface area contributed by atoms with Gasteiger partial charge in [-0.05, 0) is 42.8 Å². The predicted octanol–water partition coefficient (Wildman–Crippen LogP) is 4.31. The normalized spacial score (nSPS) is 10.0. The Morgan fingerprint density at radius 1 is 1.15 bits per heavy atom. The van der Waals surface area contributed by atoms with Gasteiger partial charge in [0, 0.05) is 16.4 Å². The molecule has 0 fully saturated rings. The molecule has 0 aliphatic heterocycles. The largest absolute Gasteiger partial charge is 0.339 e. The van der Waals surface area contributed by atoms with Crippen LogP contribution in [0.1, 0.15) is 21.6 Å². The van der Waals surface area contributed by atoms with E-state index in [9.17, 15) is 4.79 Å². The van der Waals surface area contributed by atoms with Gasteiger partial charge in [0.1, 0.15) is 11.5 Å². The lowest BCUT2D eigenvalue weighted by molar-refractivity contribution is 0.102. The number of amides is 1. The maximum absolute atomic E-state index is 12.2. The molecule has 0 saturated heterocycles. The summed E-state index contributed by atoms with van der Waals surface area (Å²) < 4.78 is 0. The number of rotatable bonds is 4. The van der Waals surface area contributed by atoms with E-state index in [1.165, 1.54) is 12.4 Å². The number of nitrogens with zero attached hydrogens (tertiary/aromatic N) is 3. The summed E-state index contributed by atoms with van der Waals surface area (Å²) in [6.45, 7) is 1.90. The summed E-state index contributed by atoms with van der Waals surface area (Å²) in [5.74, 6) is 0.0940. The third-order valence-electron chi connectivity index (χ3n) is 3.66. The molecule has 128 valence electrons. The molecule has 1 heterocycles. The molecule has 0 atom stereocenters. The van der Waals surface area contributed by atoms with E-state index >= 15 is 0 Å². The van der Waals surface area contributed by atoms with Crippen LogP contribution < -0.4 is 10.6 Å². The van der Waals surface area contributed by atoms with Gasteiger partial charge in [0.25, 0.3) is 5.91 Å². The molecule has 1 aromatic heterocycles. The van der Waals surface area contributed by atoms with Crippen LogP contribution >= 0.6 is 11.6 Å². The molecule has 0 saturated carbocycles. The van der Waals surface area contributed by atoms with Gasteiger partial charge < -0.3 is 10.6 Å². The molecule has 0 bridgehead atoms. The van der Waals surface area contributed by atoms with Crippen LogP contribution in [0.15, 0.2) is 54.9 Å². The number of hydrogen-bond donors (Lipinski definition) is 2. The Balaban J connectivity index is 1.71. The van der Waals surface area contributed by atoms with E-state index in [1.54, 1.807) is 24.3 Å². The molecule has 0 unspecified atom stereocenters. The number of carbonyl (C=O) groups is 1. The standard InChI is InChI=1S/C19H14ClN5O/c1-12-15(20)6-3-7-16(12)25-18-11-22-17(10-23-18)19(26)24-14-5-2-4-13(8-14)9-21/h2-8,10-11H,1H3,(H,23,25)(H,24,26). The molecule has 6 nitrogen and oxygen atoms in total. The summed E-state index contributed by atoms with van der Waals surface area (Å²) in [6, 6.07) is 14.2. The molecule has 0 aliphatic carbocycles. The van der Waals surface area contributed by atoms with Crippen LogP contribution in [-0.4, -0.2) is 15.9 Å². The van der Waals surface area contributed by atoms with Crippen LogP contribution in [0, 0.1) is 18.3 Å². The maximum atomic E-state index is 12.2. The van der Waals surface area contributed by atoms with Crippen molar-refractivity contribution in [3.05, 3.63) is 76.7 Å². The fraction of sp³-hybridized carbons (Fsp3) is 0.0526. The molecular formula is C19H14ClN5O. The van der Waals surface area contributed by atoms with E-state index in [-0.39, 0.29) is 5.69 Å². The molecule has 2 aromatic carbocycles. The Morgan fingerprint density at radius 2 is 1.96 bits per heavy atom. The van der Waals surface area contributed by atoms with Gasteiger partial charge in [-0.1, -0.05) is 23.7 Å². The van der Waals surface area contributed by atoms with Crippen LogP contribution in [0.25, 0.3) is 0 Å². The highest BCUT2D eigenvalue weighted by Gasteiger charge is 2.10. The third kappa shape index (κ3) is 3.97. The minimum atomic E-state index is -0.405. The minimum Gasteiger partial charge on any atom is -0.339 e. The zero-order chi connectivity index (χ0) is 18.5. The summed E-state index contributed by atoms with van der Waals surface area (Å²) in [5.41, 5.74) is 2.87. The van der Waals surface area contributed by atoms with Crippen LogP contribution in [-0.2, 0) is 0 Å². The number of anilines is 3. The van der Waals surface area contributed by atoms with Crippen molar-refractivity contribution >= 4 is 34.7 Å². The van der Waals surface area contributed by atoms with Gasteiger partial charge in [-0.15, -0.1) is 0 Å². The Kier molecular flexibility index (Phi) is 5.11. The van der Waals surface area contributed by atoms with Crippen molar-refractivity contribution in [2.45, 2.75) is 6.92 Å². The highest BCUT2D eigenvalue weighted by molar-refractivity contribution is 6.31. The van der Waals surface area contributed by atoms with Crippen molar-refractivity contribution in [1.29, 1.82) is 5.26 Å². The van der Waals surface area contributed by atoms with Crippen LogP contribution in [0.5, 0.6) is 0 Å². The Bertz CT molecular complexity index is 996. The predicted molar refractivity (Wildman–Crippen MR) is 101 cm³/mol. The number of halogens is 1. The number of benzene rings is 2. The van der Waals surface area contributed by atoms with Crippen LogP contribution in [0.2, 0.25) is 5.02 Å². The first-order valence-electron chi connectivity index (χ1n) is 7.72. The van der Waals surface area contributed by atoms with E-state index in [1.807, 2.05) is 31.2 Å². The Labute approximate surface area is 155 Å². The van der Waals surface area contributed by atoms with E-state index in [4.69, 9.17) is 16.9 Å². The summed E-state index contributed by atoms with van der Waals surface area (Å²) in [5, 5.41) is 15.4. The lowest BCUT2D eigenvalue weighted by atomic mass is 10.2. The molecule has 26 heavy (non-hydrogen) atoms. The Morgan fingerprint density at radius 3 is 2.69 bits per heavy atom. The van der Waals surface area contributed by atoms with Crippen molar-refractivity contribution in [1.82, 2.24) is 9.97 Å². The van der Waals surface area contributed by atoms with E-state index in [2.05, 4.69) is 20.6 Å². The smallest absolute Gasteiger partial charge is 0.275 e. The molecule has 0 spiro atoms. The fourth-order valence-electron chi connectivity index (χ4n) is 2.25. The first kappa shape index (κ1) is 17.4. The second-order valence-electron chi connectivity index (χ2n) is 5.47. The number of nitriles is 1. The highest BCUT2D eigenvalue weighted by atomic mass is 35.5. The van der Waals surface area contributed by atoms with Gasteiger partial charge in [-0.25, -0.2) is 9.97 Å². The SMILES string of the molecule is Cc1c(Cl)cccc1Nc1cnc(C(=O)Nc2cccc(C#N)c2)cn1. The molecule has 0 aliphatic rings. The second-order valence-corrected chi connectivity index (χ2v) is 5.88. The molecular weight excluding hydrogens is 350 g/mol. The number of nitrogens with one attached hydrogen (secondary N) is 2. The van der Waals surface area contributed by atoms with Crippen LogP contribution in [0.4, 0.5) is 17.2 Å². The van der Waals surface area contributed by atoms with Crippen molar-refractivity contribution in [2.75, 3.05) is 10.6 Å². The lowest BCUT2D eigenvalue weighted by Crippen LogP contribution is -2.14. The minimum absolute atomic E-state index is 0.167. The van der Waals surface area contributed by atoms with Gasteiger partial charge in [0.2, 0.25) is 0 Å². The third-order valence-corrected chi connectivity index (χ3v) is 4.07. The van der Waals surface area contributed by atoms with Crippen molar-refractivity contribution in [3.8, 4) is 6.07 Å². The zero-order valence-corrected chi connectivity index (χ0v) is 14.6. The molecule has 7 heteroatoms. The average Bonchev–Trinajstić information content (AvgIpc) is 2.66. The molecule has 3 rings (SSSR count). The van der Waals surface area contributed by atoms with E-state index < -0.39 is 5.91 Å². The lowest BCUT2D eigenvalue weighted by Gasteiger charge is -2.10. The van der Waals surface area contributed by atoms with Gasteiger partial charge in [-0.3, -0.25) is 4.79 Å². The van der Waals surface area contributed by atoms with E-state index in [0.717, 1.165) is 11.3 Å². The zero-order valence-electron chi connectivity index (χ0n) is 13.8. The summed E-state index contributed by atoms with van der Waals surface area (Å²) >= 11 is 6.10. The maximum Gasteiger partial charge on any atom is 0.275 e. The summed E-state index contributed by atoms with van der Waals surface area (Å²) in [4.78, 5) is 20.6. The Hall–Kier alpha value is -3.43. The molecule has 3 aromatic rings. The number of carbonyl (C=O) groups excluding carboxylic acids is 1. The highest BCUT2D eigenvalue weighted by Crippen LogP contribution is 2.25. The molecule has 1 amide bonds. The topological polar surface area (TPSA) is 90.7 Å². The summed E-state index contributed by atoms with van der Waals surface area (Å²) in [6.07, 6.45) is 2.85. The number of aromatic nitrogens is 2. The monoisotopic (exact) mass is 363 g/mol. The van der Waals surface area contributed by atoms with Gasteiger partial charge >= 0.3 is 0 Å². The van der Waals surface area contributed by atoms with E-state index in [0.29, 0.717) is 22.1 Å². The van der Waals surface area contributed by atoms with Crippen molar-refractivity contribution in [2.24, 2.45) is 0 Å². The number of hydrogen-bond acceptors (Lipinski definition) is 5. The average molecular weight is 364 g/mol.